The number of nitrogens with zero attached hydrogens (tertiary/aromatic N) is 5. The first-order chi connectivity index (χ1) is 13.2. The number of aromatic nitrogens is 4. The molecule has 0 radical (unpaired) electrons. The molecule has 3 heterocycles. The van der Waals surface area contributed by atoms with Gasteiger partial charge in [-0.2, -0.15) is 5.10 Å². The number of imidazole rings is 1. The fourth-order valence-corrected chi connectivity index (χ4v) is 3.40. The highest BCUT2D eigenvalue weighted by molar-refractivity contribution is 5.77. The van der Waals surface area contributed by atoms with Gasteiger partial charge in [-0.05, 0) is 12.5 Å². The molecule has 0 unspecified atom stereocenters. The lowest BCUT2D eigenvalue weighted by Crippen LogP contribution is -2.40. The number of amides is 1. The second-order valence-electron chi connectivity index (χ2n) is 6.77. The van der Waals surface area contributed by atoms with E-state index < -0.39 is 6.10 Å². The maximum atomic E-state index is 12.9. The molecule has 1 amide bonds. The van der Waals surface area contributed by atoms with Crippen LogP contribution in [0.2, 0.25) is 0 Å². The summed E-state index contributed by atoms with van der Waals surface area (Å²) in [7, 11) is 0. The van der Waals surface area contributed by atoms with Crippen LogP contribution in [0.1, 0.15) is 30.8 Å². The average Bonchev–Trinajstić information content (AvgIpc) is 3.34. The highest BCUT2D eigenvalue weighted by Gasteiger charge is 2.24. The Bertz CT molecular complexity index is 931. The number of aliphatic hydroxyl groups excluding tert-OH is 1. The van der Waals surface area contributed by atoms with Crippen molar-refractivity contribution >= 4 is 5.91 Å². The smallest absolute Gasteiger partial charge is 0.242 e. The van der Waals surface area contributed by atoms with Gasteiger partial charge in [0.05, 0.1) is 30.6 Å². The molecule has 1 atom stereocenters. The van der Waals surface area contributed by atoms with Crippen LogP contribution in [0.15, 0.2) is 48.8 Å². The van der Waals surface area contributed by atoms with E-state index in [2.05, 4.69) is 10.1 Å². The van der Waals surface area contributed by atoms with Crippen LogP contribution in [0.5, 0.6) is 0 Å². The first-order valence-electron chi connectivity index (χ1n) is 9.24. The van der Waals surface area contributed by atoms with E-state index in [0.717, 1.165) is 17.1 Å². The van der Waals surface area contributed by atoms with Gasteiger partial charge < -0.3 is 14.6 Å². The number of hydrogen-bond donors (Lipinski definition) is 1. The minimum atomic E-state index is -0.549. The van der Waals surface area contributed by atoms with Gasteiger partial charge in [-0.3, -0.25) is 9.48 Å². The van der Waals surface area contributed by atoms with E-state index in [1.807, 2.05) is 63.7 Å². The van der Waals surface area contributed by atoms with E-state index in [4.69, 9.17) is 0 Å². The first kappa shape index (κ1) is 17.5. The van der Waals surface area contributed by atoms with Gasteiger partial charge in [0, 0.05) is 24.5 Å². The van der Waals surface area contributed by atoms with E-state index in [1.54, 1.807) is 6.20 Å². The third-order valence-corrected chi connectivity index (χ3v) is 4.95. The van der Waals surface area contributed by atoms with Gasteiger partial charge in [0.15, 0.2) is 0 Å². The molecule has 3 aromatic rings. The molecule has 0 saturated heterocycles. The Labute approximate surface area is 157 Å². The number of carbonyl (C=O) groups excluding carboxylic acids is 1. The number of hydrogen-bond acceptors (Lipinski definition) is 4. The monoisotopic (exact) mass is 365 g/mol. The standard InChI is InChI=1S/C20H23N5O2/c1-2-18(26)17-12-16-13-23(10-11-25(16)22-17)19(27)14-24-9-8-21-20(24)15-6-4-3-5-7-15/h3-9,12,18,26H,2,10-11,13-14H2,1H3/t18-/m1/s1. The zero-order chi connectivity index (χ0) is 18.8. The molecule has 1 aromatic carbocycles. The number of aliphatic hydroxyl groups is 1. The molecule has 1 aliphatic rings. The molecule has 7 heteroatoms. The fourth-order valence-electron chi connectivity index (χ4n) is 3.40. The second-order valence-corrected chi connectivity index (χ2v) is 6.77. The van der Waals surface area contributed by atoms with Crippen molar-refractivity contribution in [1.29, 1.82) is 0 Å². The zero-order valence-electron chi connectivity index (χ0n) is 15.3. The maximum absolute atomic E-state index is 12.9. The molecular weight excluding hydrogens is 342 g/mol. The SMILES string of the molecule is CC[C@@H](O)c1cc2n(n1)CCN(C(=O)Cn1ccnc1-c1ccccc1)C2. The van der Waals surface area contributed by atoms with Crippen LogP contribution in [0.3, 0.4) is 0 Å². The van der Waals surface area contributed by atoms with E-state index in [1.165, 1.54) is 0 Å². The van der Waals surface area contributed by atoms with Crippen molar-refractivity contribution in [3.8, 4) is 11.4 Å². The van der Waals surface area contributed by atoms with E-state index in [9.17, 15) is 9.90 Å². The van der Waals surface area contributed by atoms with Gasteiger partial charge in [-0.1, -0.05) is 37.3 Å². The topological polar surface area (TPSA) is 76.2 Å². The number of benzene rings is 1. The Morgan fingerprint density at radius 2 is 2.07 bits per heavy atom. The Balaban J connectivity index is 1.48. The van der Waals surface area contributed by atoms with Crippen molar-refractivity contribution in [2.24, 2.45) is 0 Å². The maximum Gasteiger partial charge on any atom is 0.242 e. The van der Waals surface area contributed by atoms with Crippen LogP contribution < -0.4 is 0 Å². The summed E-state index contributed by atoms with van der Waals surface area (Å²) in [6.45, 7) is 3.95. The molecule has 4 rings (SSSR count). The van der Waals surface area contributed by atoms with Crippen LogP contribution in [-0.4, -0.2) is 41.8 Å². The third-order valence-electron chi connectivity index (χ3n) is 4.95. The molecule has 2 aromatic heterocycles. The van der Waals surface area contributed by atoms with E-state index >= 15 is 0 Å². The summed E-state index contributed by atoms with van der Waals surface area (Å²) in [5.74, 6) is 0.842. The Morgan fingerprint density at radius 3 is 2.85 bits per heavy atom. The van der Waals surface area contributed by atoms with Crippen molar-refractivity contribution in [2.45, 2.75) is 39.1 Å². The Hall–Kier alpha value is -2.93. The van der Waals surface area contributed by atoms with E-state index in [0.29, 0.717) is 31.7 Å². The molecule has 7 nitrogen and oxygen atoms in total. The molecular formula is C20H23N5O2. The van der Waals surface area contributed by atoms with Crippen LogP contribution in [0.25, 0.3) is 11.4 Å². The summed E-state index contributed by atoms with van der Waals surface area (Å²) >= 11 is 0. The number of fused-ring (bicyclic) bond motifs is 1. The summed E-state index contributed by atoms with van der Waals surface area (Å²) < 4.78 is 3.78. The predicted molar refractivity (Wildman–Crippen MR) is 101 cm³/mol. The molecule has 0 aliphatic carbocycles. The molecule has 0 fully saturated rings. The quantitative estimate of drug-likeness (QED) is 0.752. The molecule has 0 saturated carbocycles. The van der Waals surface area contributed by atoms with E-state index in [-0.39, 0.29) is 12.5 Å². The van der Waals surface area contributed by atoms with Crippen molar-refractivity contribution in [3.63, 3.8) is 0 Å². The van der Waals surface area contributed by atoms with Gasteiger partial charge in [0.25, 0.3) is 0 Å². The van der Waals surface area contributed by atoms with Crippen LogP contribution >= 0.6 is 0 Å². The van der Waals surface area contributed by atoms with Crippen molar-refractivity contribution in [1.82, 2.24) is 24.2 Å². The third kappa shape index (κ3) is 3.50. The second kappa shape index (κ2) is 7.36. The van der Waals surface area contributed by atoms with Crippen LogP contribution in [0, 0.1) is 0 Å². The molecule has 27 heavy (non-hydrogen) atoms. The predicted octanol–water partition coefficient (Wildman–Crippen LogP) is 2.23. The lowest BCUT2D eigenvalue weighted by atomic mass is 10.2. The highest BCUT2D eigenvalue weighted by Crippen LogP contribution is 2.21. The molecule has 0 spiro atoms. The molecule has 1 aliphatic heterocycles. The fraction of sp³-hybridized carbons (Fsp3) is 0.350. The molecule has 140 valence electrons. The lowest BCUT2D eigenvalue weighted by Gasteiger charge is -2.28. The average molecular weight is 365 g/mol. The summed E-state index contributed by atoms with van der Waals surface area (Å²) in [6.07, 6.45) is 3.64. The summed E-state index contributed by atoms with van der Waals surface area (Å²) in [6, 6.07) is 11.8. The summed E-state index contributed by atoms with van der Waals surface area (Å²) in [5, 5.41) is 14.5. The highest BCUT2D eigenvalue weighted by atomic mass is 16.3. The Kier molecular flexibility index (Phi) is 4.77. The minimum absolute atomic E-state index is 0.0511. The first-order valence-corrected chi connectivity index (χ1v) is 9.24. The number of rotatable bonds is 5. The summed E-state index contributed by atoms with van der Waals surface area (Å²) in [5.41, 5.74) is 2.64. The zero-order valence-corrected chi connectivity index (χ0v) is 15.3. The van der Waals surface area contributed by atoms with Gasteiger partial charge >= 0.3 is 0 Å². The molecule has 1 N–H and O–H groups in total. The van der Waals surface area contributed by atoms with Crippen molar-refractivity contribution in [3.05, 3.63) is 60.2 Å². The van der Waals surface area contributed by atoms with Crippen LogP contribution in [-0.2, 0) is 24.4 Å². The van der Waals surface area contributed by atoms with Gasteiger partial charge in [-0.25, -0.2) is 4.98 Å². The van der Waals surface area contributed by atoms with Crippen molar-refractivity contribution < 1.29 is 9.90 Å². The molecule has 0 bridgehead atoms. The Morgan fingerprint density at radius 1 is 1.26 bits per heavy atom. The normalized spacial score (nSPS) is 14.8. The number of carbonyl (C=O) groups is 1. The van der Waals surface area contributed by atoms with Crippen LogP contribution in [0.4, 0.5) is 0 Å². The summed E-state index contributed by atoms with van der Waals surface area (Å²) in [4.78, 5) is 19.1. The lowest BCUT2D eigenvalue weighted by molar-refractivity contribution is -0.133. The van der Waals surface area contributed by atoms with Gasteiger partial charge in [0.1, 0.15) is 12.4 Å². The minimum Gasteiger partial charge on any atom is -0.387 e. The van der Waals surface area contributed by atoms with Gasteiger partial charge in [-0.15, -0.1) is 0 Å². The van der Waals surface area contributed by atoms with Crippen molar-refractivity contribution in [2.75, 3.05) is 6.54 Å². The van der Waals surface area contributed by atoms with Gasteiger partial charge in [0.2, 0.25) is 5.91 Å². The largest absolute Gasteiger partial charge is 0.387 e.